The molecule has 0 saturated carbocycles. The fraction of sp³-hybridized carbons (Fsp3) is 0.391. The average molecular weight is 392 g/mol. The first kappa shape index (κ1) is 20.7. The fourth-order valence-electron chi connectivity index (χ4n) is 3.67. The molecule has 0 atom stereocenters. The van der Waals surface area contributed by atoms with Crippen molar-refractivity contribution in [3.63, 3.8) is 0 Å². The molecule has 0 N–H and O–H groups in total. The lowest BCUT2D eigenvalue weighted by Gasteiger charge is -2.23. The third-order valence-electron chi connectivity index (χ3n) is 5.20. The minimum absolute atomic E-state index is 0.0632. The van der Waals surface area contributed by atoms with Crippen molar-refractivity contribution in [3.05, 3.63) is 63.7 Å². The molecule has 2 heterocycles. The van der Waals surface area contributed by atoms with E-state index in [1.165, 1.54) is 0 Å². The molecular formula is C23H29N5O. The molecule has 0 aliphatic heterocycles. The monoisotopic (exact) mass is 391 g/mol. The molecule has 3 aromatic rings. The lowest BCUT2D eigenvalue weighted by atomic mass is 10.1. The van der Waals surface area contributed by atoms with Crippen molar-refractivity contribution in [2.75, 3.05) is 11.4 Å². The molecule has 29 heavy (non-hydrogen) atoms. The number of nitrogens with zero attached hydrogens (tertiary/aromatic N) is 5. The summed E-state index contributed by atoms with van der Waals surface area (Å²) in [5.41, 5.74) is 7.66. The van der Waals surface area contributed by atoms with Crippen LogP contribution in [0.3, 0.4) is 0 Å². The first-order valence-corrected chi connectivity index (χ1v) is 9.96. The summed E-state index contributed by atoms with van der Waals surface area (Å²) in [5.74, 6) is 0.608. The topological polar surface area (TPSA) is 63.9 Å². The SMILES string of the molecule is CCN(C(=O)Cc1c(C)nn(-c2nc(C)cc(C)n2)c1C)c1cc(C)ccc1C. The largest absolute Gasteiger partial charge is 0.312 e. The minimum atomic E-state index is 0.0632. The van der Waals surface area contributed by atoms with Gasteiger partial charge in [-0.05, 0) is 71.7 Å². The van der Waals surface area contributed by atoms with E-state index < -0.39 is 0 Å². The summed E-state index contributed by atoms with van der Waals surface area (Å²) in [5, 5.41) is 4.63. The molecule has 152 valence electrons. The second kappa shape index (κ2) is 8.15. The Morgan fingerprint density at radius 1 is 1.00 bits per heavy atom. The van der Waals surface area contributed by atoms with Crippen molar-refractivity contribution < 1.29 is 4.79 Å². The van der Waals surface area contributed by atoms with Crippen LogP contribution < -0.4 is 4.90 Å². The molecule has 0 radical (unpaired) electrons. The molecule has 3 rings (SSSR count). The summed E-state index contributed by atoms with van der Waals surface area (Å²) in [6.07, 6.45) is 0.295. The average Bonchev–Trinajstić information content (AvgIpc) is 2.92. The summed E-state index contributed by atoms with van der Waals surface area (Å²) in [7, 11) is 0. The van der Waals surface area contributed by atoms with Gasteiger partial charge in [-0.3, -0.25) is 4.79 Å². The van der Waals surface area contributed by atoms with E-state index in [2.05, 4.69) is 33.3 Å². The molecule has 0 saturated heterocycles. The standard InChI is InChI=1S/C23H29N5O/c1-8-27(21-11-14(2)9-10-15(21)3)22(29)13-20-18(6)26-28(19(20)7)23-24-16(4)12-17(5)25-23/h9-12H,8,13H2,1-7H3. The number of aromatic nitrogens is 4. The van der Waals surface area contributed by atoms with Gasteiger partial charge in [-0.2, -0.15) is 5.10 Å². The number of aryl methyl sites for hydroxylation is 5. The van der Waals surface area contributed by atoms with Gasteiger partial charge in [-0.15, -0.1) is 0 Å². The van der Waals surface area contributed by atoms with Crippen molar-refractivity contribution in [3.8, 4) is 5.95 Å². The van der Waals surface area contributed by atoms with Gasteiger partial charge >= 0.3 is 0 Å². The summed E-state index contributed by atoms with van der Waals surface area (Å²) in [6, 6.07) is 8.14. The van der Waals surface area contributed by atoms with Gasteiger partial charge in [0.15, 0.2) is 0 Å². The fourth-order valence-corrected chi connectivity index (χ4v) is 3.67. The van der Waals surface area contributed by atoms with Crippen molar-refractivity contribution in [2.24, 2.45) is 0 Å². The van der Waals surface area contributed by atoms with Gasteiger partial charge < -0.3 is 4.90 Å². The molecule has 0 fully saturated rings. The third kappa shape index (κ3) is 4.21. The molecule has 1 amide bonds. The Morgan fingerprint density at radius 2 is 1.66 bits per heavy atom. The molecule has 6 heteroatoms. The zero-order chi connectivity index (χ0) is 21.3. The van der Waals surface area contributed by atoms with Gasteiger partial charge in [0.2, 0.25) is 5.91 Å². The first-order chi connectivity index (χ1) is 13.7. The zero-order valence-corrected chi connectivity index (χ0v) is 18.4. The van der Waals surface area contributed by atoms with Crippen LogP contribution in [0.4, 0.5) is 5.69 Å². The van der Waals surface area contributed by atoms with Gasteiger partial charge in [-0.1, -0.05) is 12.1 Å². The predicted octanol–water partition coefficient (Wildman–Crippen LogP) is 4.11. The normalized spacial score (nSPS) is 11.0. The molecule has 0 unspecified atom stereocenters. The van der Waals surface area contributed by atoms with Crippen LogP contribution in [0.25, 0.3) is 5.95 Å². The van der Waals surface area contributed by atoms with E-state index in [1.807, 2.05) is 59.4 Å². The van der Waals surface area contributed by atoms with Gasteiger partial charge in [0.25, 0.3) is 5.95 Å². The van der Waals surface area contributed by atoms with Crippen LogP contribution >= 0.6 is 0 Å². The maximum Gasteiger partial charge on any atom is 0.251 e. The molecule has 0 spiro atoms. The number of hydrogen-bond donors (Lipinski definition) is 0. The molecule has 0 bridgehead atoms. The number of carbonyl (C=O) groups is 1. The van der Waals surface area contributed by atoms with Gasteiger partial charge in [-0.25, -0.2) is 14.6 Å². The number of benzene rings is 1. The highest BCUT2D eigenvalue weighted by Crippen LogP contribution is 2.24. The van der Waals surface area contributed by atoms with E-state index >= 15 is 0 Å². The molecule has 1 aromatic carbocycles. The summed E-state index contributed by atoms with van der Waals surface area (Å²) in [4.78, 5) is 24.1. The Morgan fingerprint density at radius 3 is 2.28 bits per heavy atom. The van der Waals surface area contributed by atoms with Crippen LogP contribution in [0, 0.1) is 41.5 Å². The Bertz CT molecular complexity index is 1050. The minimum Gasteiger partial charge on any atom is -0.312 e. The van der Waals surface area contributed by atoms with Crippen LogP contribution in [0.2, 0.25) is 0 Å². The molecule has 0 aliphatic carbocycles. The van der Waals surface area contributed by atoms with E-state index in [0.29, 0.717) is 18.9 Å². The molecule has 2 aromatic heterocycles. The van der Waals surface area contributed by atoms with Crippen molar-refractivity contribution in [1.29, 1.82) is 0 Å². The van der Waals surface area contributed by atoms with Crippen LogP contribution in [0.5, 0.6) is 0 Å². The highest BCUT2D eigenvalue weighted by atomic mass is 16.2. The lowest BCUT2D eigenvalue weighted by Crippen LogP contribution is -2.33. The Balaban J connectivity index is 1.94. The Hall–Kier alpha value is -3.02. The number of hydrogen-bond acceptors (Lipinski definition) is 4. The number of rotatable bonds is 5. The predicted molar refractivity (Wildman–Crippen MR) is 116 cm³/mol. The molecule has 6 nitrogen and oxygen atoms in total. The molecular weight excluding hydrogens is 362 g/mol. The van der Waals surface area contributed by atoms with E-state index in [-0.39, 0.29) is 5.91 Å². The smallest absolute Gasteiger partial charge is 0.251 e. The second-order valence-electron chi connectivity index (χ2n) is 7.62. The maximum absolute atomic E-state index is 13.2. The van der Waals surface area contributed by atoms with Crippen LogP contribution in [-0.2, 0) is 11.2 Å². The Labute approximate surface area is 172 Å². The van der Waals surface area contributed by atoms with Crippen molar-refractivity contribution in [1.82, 2.24) is 19.7 Å². The number of likely N-dealkylation sites (N-methyl/N-ethyl adjacent to an activating group) is 1. The summed E-state index contributed by atoms with van der Waals surface area (Å²) in [6.45, 7) is 14.5. The first-order valence-electron chi connectivity index (χ1n) is 9.96. The van der Waals surface area contributed by atoms with E-state index in [4.69, 9.17) is 0 Å². The van der Waals surface area contributed by atoms with E-state index in [0.717, 1.165) is 45.2 Å². The van der Waals surface area contributed by atoms with Crippen molar-refractivity contribution >= 4 is 11.6 Å². The number of amides is 1. The third-order valence-corrected chi connectivity index (χ3v) is 5.20. The van der Waals surface area contributed by atoms with E-state index in [9.17, 15) is 4.79 Å². The molecule has 0 aliphatic rings. The highest BCUT2D eigenvalue weighted by molar-refractivity contribution is 5.95. The number of carbonyl (C=O) groups excluding carboxylic acids is 1. The number of anilines is 1. The van der Waals surface area contributed by atoms with Crippen LogP contribution in [0.1, 0.15) is 46.4 Å². The van der Waals surface area contributed by atoms with Crippen LogP contribution in [-0.4, -0.2) is 32.2 Å². The highest BCUT2D eigenvalue weighted by Gasteiger charge is 2.22. The van der Waals surface area contributed by atoms with Gasteiger partial charge in [0.05, 0.1) is 12.1 Å². The van der Waals surface area contributed by atoms with Crippen LogP contribution in [0.15, 0.2) is 24.3 Å². The van der Waals surface area contributed by atoms with E-state index in [1.54, 1.807) is 4.68 Å². The summed E-state index contributed by atoms with van der Waals surface area (Å²) >= 11 is 0. The zero-order valence-electron chi connectivity index (χ0n) is 18.4. The lowest BCUT2D eigenvalue weighted by molar-refractivity contribution is -0.118. The quantitative estimate of drug-likeness (QED) is 0.657. The second-order valence-corrected chi connectivity index (χ2v) is 7.62. The Kier molecular flexibility index (Phi) is 5.82. The van der Waals surface area contributed by atoms with Crippen molar-refractivity contribution in [2.45, 2.75) is 54.9 Å². The van der Waals surface area contributed by atoms with Gasteiger partial charge in [0, 0.05) is 34.9 Å². The summed E-state index contributed by atoms with van der Waals surface area (Å²) < 4.78 is 1.74. The maximum atomic E-state index is 13.2. The van der Waals surface area contributed by atoms with Gasteiger partial charge in [0.1, 0.15) is 0 Å².